The Morgan fingerprint density at radius 3 is 2.92 bits per heavy atom. The molecule has 0 spiro atoms. The maximum absolute atomic E-state index is 11.4. The molecule has 2 rings (SSSR count). The van der Waals surface area contributed by atoms with E-state index in [0.717, 1.165) is 24.6 Å². The maximum atomic E-state index is 11.4. The molecule has 0 aliphatic heterocycles. The molecule has 9 heteroatoms. The summed E-state index contributed by atoms with van der Waals surface area (Å²) in [5.41, 5.74) is 0.571. The van der Waals surface area contributed by atoms with Crippen molar-refractivity contribution < 1.29 is 19.4 Å². The van der Waals surface area contributed by atoms with Gasteiger partial charge in [0.2, 0.25) is 5.16 Å². The summed E-state index contributed by atoms with van der Waals surface area (Å²) in [6.07, 6.45) is 3.08. The highest BCUT2D eigenvalue weighted by Gasteiger charge is 2.10. The van der Waals surface area contributed by atoms with E-state index in [4.69, 9.17) is 14.7 Å². The molecule has 0 aliphatic rings. The van der Waals surface area contributed by atoms with Crippen molar-refractivity contribution in [1.29, 1.82) is 5.26 Å². The van der Waals surface area contributed by atoms with E-state index in [1.54, 1.807) is 18.2 Å². The predicted octanol–water partition coefficient (Wildman–Crippen LogP) is 1.55. The Balaban J connectivity index is 2.24. The lowest BCUT2D eigenvalue weighted by Gasteiger charge is -2.10. The quantitative estimate of drug-likeness (QED) is 0.518. The molecule has 0 bridgehead atoms. The van der Waals surface area contributed by atoms with Gasteiger partial charge in [0.05, 0.1) is 13.1 Å². The number of benzene rings is 1. The molecule has 1 aromatic carbocycles. The van der Waals surface area contributed by atoms with Crippen molar-refractivity contribution in [1.82, 2.24) is 15.2 Å². The van der Waals surface area contributed by atoms with Gasteiger partial charge in [-0.05, 0) is 42.0 Å². The number of nitrogens with zero attached hydrogens (tertiary/aromatic N) is 3. The minimum atomic E-state index is -1.33. The van der Waals surface area contributed by atoms with Gasteiger partial charge in [-0.2, -0.15) is 5.26 Å². The topological polar surface area (TPSA) is 124 Å². The number of thioether (sulfide) groups is 1. The van der Waals surface area contributed by atoms with Crippen LogP contribution in [0, 0.1) is 11.3 Å². The first-order valence-corrected chi connectivity index (χ1v) is 8.59. The van der Waals surface area contributed by atoms with Gasteiger partial charge in [-0.25, -0.2) is 4.98 Å². The van der Waals surface area contributed by atoms with Crippen LogP contribution in [-0.2, 0) is 11.2 Å². The number of carbonyl (C=O) groups is 1. The Morgan fingerprint density at radius 1 is 1.46 bits per heavy atom. The minimum absolute atomic E-state index is 0.0419. The summed E-state index contributed by atoms with van der Waals surface area (Å²) >= 11 is 0.900. The van der Waals surface area contributed by atoms with Gasteiger partial charge in [-0.3, -0.25) is 5.10 Å². The van der Waals surface area contributed by atoms with Crippen molar-refractivity contribution >= 4 is 23.8 Å². The van der Waals surface area contributed by atoms with Gasteiger partial charge in [-0.15, -0.1) is 5.10 Å². The van der Waals surface area contributed by atoms with Crippen molar-refractivity contribution in [2.24, 2.45) is 0 Å². The number of hydrogen-bond acceptors (Lipinski definition) is 8. The van der Waals surface area contributed by atoms with Gasteiger partial charge >= 0.3 is 0 Å². The number of carbonyl (C=O) groups excluding carboxylic acids is 1. The molecular weight excluding hydrogens is 356 g/mol. The predicted molar refractivity (Wildman–Crippen MR) is 93.3 cm³/mol. The summed E-state index contributed by atoms with van der Waals surface area (Å²) in [6, 6.07) is 6.73. The van der Waals surface area contributed by atoms with Crippen molar-refractivity contribution in [3.05, 3.63) is 34.5 Å². The largest absolute Gasteiger partial charge is 0.544 e. The van der Waals surface area contributed by atoms with E-state index in [9.17, 15) is 9.90 Å². The van der Waals surface area contributed by atoms with E-state index < -0.39 is 5.97 Å². The smallest absolute Gasteiger partial charge is 0.213 e. The Bertz CT molecular complexity index is 842. The van der Waals surface area contributed by atoms with E-state index in [1.807, 2.05) is 13.0 Å². The number of rotatable bonds is 9. The average Bonchev–Trinajstić information content (AvgIpc) is 3.07. The monoisotopic (exact) mass is 373 g/mol. The first-order valence-electron chi connectivity index (χ1n) is 7.77. The molecule has 0 radical (unpaired) electrons. The number of aliphatic carboxylic acids is 1. The number of carboxylic acid groups (broad SMARTS) is 1. The molecule has 1 aromatic heterocycles. The molecule has 2 aromatic rings. The highest BCUT2D eigenvalue weighted by atomic mass is 32.2. The number of aromatic amines is 1. The van der Waals surface area contributed by atoms with Crippen LogP contribution in [0.25, 0.3) is 6.08 Å². The van der Waals surface area contributed by atoms with Crippen LogP contribution >= 0.6 is 11.8 Å². The van der Waals surface area contributed by atoms with E-state index in [1.165, 1.54) is 13.2 Å². The Kier molecular flexibility index (Phi) is 7.05. The van der Waals surface area contributed by atoms with Crippen LogP contribution in [0.2, 0.25) is 0 Å². The summed E-state index contributed by atoms with van der Waals surface area (Å²) in [6.45, 7) is 1.90. The van der Waals surface area contributed by atoms with Gasteiger partial charge in [-0.1, -0.05) is 13.0 Å². The number of nitrogens with one attached hydrogen (secondary N) is 1. The molecule has 0 saturated heterocycles. The zero-order chi connectivity index (χ0) is 18.9. The normalized spacial score (nSPS) is 11.0. The highest BCUT2D eigenvalue weighted by Crippen LogP contribution is 2.31. The molecule has 0 unspecified atom stereocenters. The molecule has 0 atom stereocenters. The Morgan fingerprint density at radius 2 is 2.27 bits per heavy atom. The highest BCUT2D eigenvalue weighted by molar-refractivity contribution is 8.04. The van der Waals surface area contributed by atoms with Crippen molar-refractivity contribution in [2.45, 2.75) is 24.9 Å². The van der Waals surface area contributed by atoms with Crippen molar-refractivity contribution in [2.75, 3.05) is 13.7 Å². The number of H-pyrrole nitrogens is 1. The van der Waals surface area contributed by atoms with E-state index >= 15 is 0 Å². The lowest BCUT2D eigenvalue weighted by molar-refractivity contribution is -0.297. The molecule has 0 amide bonds. The van der Waals surface area contributed by atoms with Crippen LogP contribution in [-0.4, -0.2) is 34.9 Å². The molecule has 26 heavy (non-hydrogen) atoms. The van der Waals surface area contributed by atoms with E-state index in [0.29, 0.717) is 28.0 Å². The second-order valence-corrected chi connectivity index (χ2v) is 6.08. The number of aromatic nitrogens is 3. The second-order valence-electron chi connectivity index (χ2n) is 5.07. The standard InChI is InChI=1S/C17H18N4O4S/c1-3-4-15-19-17(21-20-15)26-14(16(22)23)10-11-5-6-12(25-8-7-18)13(9-11)24-2/h5-6,9-10H,3-4,8H2,1-2H3,(H,22,23)(H,19,20,21)/p-1/b14-10-. The lowest BCUT2D eigenvalue weighted by atomic mass is 10.2. The summed E-state index contributed by atoms with van der Waals surface area (Å²) in [7, 11) is 1.46. The van der Waals surface area contributed by atoms with Gasteiger partial charge in [0.15, 0.2) is 18.1 Å². The van der Waals surface area contributed by atoms with Crippen molar-refractivity contribution in [3.63, 3.8) is 0 Å². The number of methoxy groups -OCH3 is 1. The number of nitriles is 1. The summed E-state index contributed by atoms with van der Waals surface area (Å²) in [4.78, 5) is 15.6. The van der Waals surface area contributed by atoms with Gasteiger partial charge < -0.3 is 19.4 Å². The lowest BCUT2D eigenvalue weighted by Crippen LogP contribution is -2.23. The third kappa shape index (κ3) is 5.26. The van der Waals surface area contributed by atoms with Crippen LogP contribution in [0.5, 0.6) is 11.5 Å². The minimum Gasteiger partial charge on any atom is -0.544 e. The zero-order valence-electron chi connectivity index (χ0n) is 14.3. The molecule has 136 valence electrons. The Labute approximate surface area is 154 Å². The third-order valence-corrected chi connectivity index (χ3v) is 4.05. The summed E-state index contributed by atoms with van der Waals surface area (Å²) in [5.74, 6) is 0.154. The SMILES string of the molecule is CCCc1nc(S/C(=C\c2ccc(OCC#N)c(OC)c2)C(=O)[O-])n[nH]1. The second kappa shape index (κ2) is 9.48. The van der Waals surface area contributed by atoms with Gasteiger partial charge in [0, 0.05) is 11.3 Å². The molecular formula is C17H17N4O4S-. The van der Waals surface area contributed by atoms with Crippen LogP contribution in [0.3, 0.4) is 0 Å². The van der Waals surface area contributed by atoms with Gasteiger partial charge in [0.25, 0.3) is 0 Å². The van der Waals surface area contributed by atoms with E-state index in [-0.39, 0.29) is 11.5 Å². The molecule has 0 aliphatic carbocycles. The van der Waals surface area contributed by atoms with Crippen LogP contribution in [0.4, 0.5) is 0 Å². The third-order valence-electron chi connectivity index (χ3n) is 3.18. The molecule has 0 fully saturated rings. The first kappa shape index (κ1) is 19.3. The van der Waals surface area contributed by atoms with Crippen LogP contribution in [0.1, 0.15) is 24.7 Å². The number of ether oxygens (including phenoxy) is 2. The van der Waals surface area contributed by atoms with Crippen LogP contribution in [0.15, 0.2) is 28.3 Å². The fourth-order valence-corrected chi connectivity index (χ4v) is 2.78. The average molecular weight is 373 g/mol. The Hall–Kier alpha value is -2.99. The number of carboxylic acids is 1. The zero-order valence-corrected chi connectivity index (χ0v) is 15.1. The van der Waals surface area contributed by atoms with Crippen LogP contribution < -0.4 is 14.6 Å². The molecule has 0 saturated carbocycles. The fourth-order valence-electron chi connectivity index (χ4n) is 2.06. The maximum Gasteiger partial charge on any atom is 0.213 e. The van der Waals surface area contributed by atoms with Gasteiger partial charge in [0.1, 0.15) is 11.9 Å². The number of aryl methyl sites for hydroxylation is 1. The molecule has 1 N–H and O–H groups in total. The van der Waals surface area contributed by atoms with Crippen molar-refractivity contribution in [3.8, 4) is 17.6 Å². The number of hydrogen-bond donors (Lipinski definition) is 1. The molecule has 8 nitrogen and oxygen atoms in total. The molecule has 1 heterocycles. The summed E-state index contributed by atoms with van der Waals surface area (Å²) in [5, 5.41) is 27.1. The summed E-state index contributed by atoms with van der Waals surface area (Å²) < 4.78 is 10.5. The first-order chi connectivity index (χ1) is 12.6. The van der Waals surface area contributed by atoms with E-state index in [2.05, 4.69) is 15.2 Å². The fraction of sp³-hybridized carbons (Fsp3) is 0.294.